The van der Waals surface area contributed by atoms with Gasteiger partial charge < -0.3 is 9.64 Å². The lowest BCUT2D eigenvalue weighted by Crippen LogP contribution is -2.49. The van der Waals surface area contributed by atoms with Crippen LogP contribution in [0, 0.1) is 6.92 Å². The summed E-state index contributed by atoms with van der Waals surface area (Å²) in [5, 5.41) is 8.86. The zero-order chi connectivity index (χ0) is 22.0. The second-order valence-electron chi connectivity index (χ2n) is 7.65. The first-order valence-corrected chi connectivity index (χ1v) is 10.5. The fourth-order valence-corrected chi connectivity index (χ4v) is 4.37. The number of ether oxygens (including phenoxy) is 1. The predicted octanol–water partition coefficient (Wildman–Crippen LogP) is 3.58. The third kappa shape index (κ3) is 3.81. The van der Waals surface area contributed by atoms with Crippen molar-refractivity contribution in [3.05, 3.63) is 76.6 Å². The molecule has 160 valence electrons. The van der Waals surface area contributed by atoms with Crippen molar-refractivity contribution in [2.24, 2.45) is 0 Å². The van der Waals surface area contributed by atoms with Gasteiger partial charge in [-0.25, -0.2) is 4.68 Å². The molecule has 0 radical (unpaired) electrons. The maximum atomic E-state index is 13.2. The van der Waals surface area contributed by atoms with Crippen LogP contribution in [-0.4, -0.2) is 52.0 Å². The number of aromatic nitrogens is 3. The molecule has 4 rings (SSSR count). The molecule has 1 aromatic heterocycles. The highest BCUT2D eigenvalue weighted by Gasteiger charge is 2.45. The summed E-state index contributed by atoms with van der Waals surface area (Å²) in [6, 6.07) is 16.8. The van der Waals surface area contributed by atoms with E-state index in [-0.39, 0.29) is 11.9 Å². The Morgan fingerprint density at radius 3 is 2.42 bits per heavy atom. The second kappa shape index (κ2) is 8.51. The van der Waals surface area contributed by atoms with E-state index in [4.69, 9.17) is 16.3 Å². The van der Waals surface area contributed by atoms with E-state index >= 15 is 0 Å². The average molecular weight is 439 g/mol. The number of methoxy groups -OCH3 is 1. The Hall–Kier alpha value is -3.19. The zero-order valence-corrected chi connectivity index (χ0v) is 18.2. The van der Waals surface area contributed by atoms with E-state index < -0.39 is 5.41 Å². The van der Waals surface area contributed by atoms with Crippen molar-refractivity contribution in [2.75, 3.05) is 20.2 Å². The molecule has 1 amide bonds. The van der Waals surface area contributed by atoms with Gasteiger partial charge in [0.15, 0.2) is 5.69 Å². The van der Waals surface area contributed by atoms with Crippen LogP contribution < -0.4 is 0 Å². The number of piperidine rings is 1. The number of esters is 1. The molecular formula is C23H23ClN4O3. The van der Waals surface area contributed by atoms with Gasteiger partial charge in [-0.3, -0.25) is 9.59 Å². The van der Waals surface area contributed by atoms with E-state index in [0.29, 0.717) is 42.3 Å². The summed E-state index contributed by atoms with van der Waals surface area (Å²) >= 11 is 6.08. The van der Waals surface area contributed by atoms with Gasteiger partial charge in [-0.1, -0.05) is 53.2 Å². The fraction of sp³-hybridized carbons (Fsp3) is 0.304. The monoisotopic (exact) mass is 438 g/mol. The number of benzene rings is 2. The topological polar surface area (TPSA) is 77.3 Å². The van der Waals surface area contributed by atoms with E-state index in [9.17, 15) is 9.59 Å². The summed E-state index contributed by atoms with van der Waals surface area (Å²) in [7, 11) is 1.40. The Bertz CT molecular complexity index is 1110. The number of nitrogens with zero attached hydrogens (tertiary/aromatic N) is 4. The minimum Gasteiger partial charge on any atom is -0.468 e. The van der Waals surface area contributed by atoms with Crippen LogP contribution in [0.3, 0.4) is 0 Å². The van der Waals surface area contributed by atoms with Crippen molar-refractivity contribution in [1.82, 2.24) is 19.9 Å². The van der Waals surface area contributed by atoms with Gasteiger partial charge in [0, 0.05) is 18.1 Å². The molecule has 0 unspecified atom stereocenters. The van der Waals surface area contributed by atoms with Crippen molar-refractivity contribution in [3.8, 4) is 5.69 Å². The van der Waals surface area contributed by atoms with Crippen LogP contribution in [-0.2, 0) is 14.9 Å². The Labute approximate surface area is 185 Å². The molecule has 31 heavy (non-hydrogen) atoms. The number of carbonyl (C=O) groups is 2. The molecule has 1 fully saturated rings. The van der Waals surface area contributed by atoms with Gasteiger partial charge in [0.1, 0.15) is 0 Å². The molecule has 1 aliphatic heterocycles. The van der Waals surface area contributed by atoms with Gasteiger partial charge >= 0.3 is 5.97 Å². The van der Waals surface area contributed by atoms with E-state index in [1.54, 1.807) is 28.6 Å². The third-order valence-corrected chi connectivity index (χ3v) is 6.19. The first-order chi connectivity index (χ1) is 15.0. The molecule has 0 saturated carbocycles. The van der Waals surface area contributed by atoms with Crippen LogP contribution in [0.1, 0.15) is 34.6 Å². The number of rotatable bonds is 4. The van der Waals surface area contributed by atoms with Crippen LogP contribution in [0.2, 0.25) is 5.02 Å². The first-order valence-electron chi connectivity index (χ1n) is 10.1. The van der Waals surface area contributed by atoms with Crippen molar-refractivity contribution in [3.63, 3.8) is 0 Å². The molecule has 0 atom stereocenters. The minimum absolute atomic E-state index is 0.197. The van der Waals surface area contributed by atoms with Gasteiger partial charge in [0.25, 0.3) is 5.91 Å². The molecule has 2 aromatic carbocycles. The second-order valence-corrected chi connectivity index (χ2v) is 8.08. The summed E-state index contributed by atoms with van der Waals surface area (Å²) < 4.78 is 6.73. The smallest absolute Gasteiger partial charge is 0.316 e. The molecule has 8 heteroatoms. The van der Waals surface area contributed by atoms with Gasteiger partial charge in [-0.05, 0) is 43.5 Å². The fourth-order valence-electron chi connectivity index (χ4n) is 4.18. The molecule has 1 saturated heterocycles. The minimum atomic E-state index is -0.750. The van der Waals surface area contributed by atoms with Crippen molar-refractivity contribution < 1.29 is 14.3 Å². The number of amides is 1. The molecule has 2 heterocycles. The molecule has 0 bridgehead atoms. The van der Waals surface area contributed by atoms with Gasteiger partial charge in [0.2, 0.25) is 0 Å². The highest BCUT2D eigenvalue weighted by molar-refractivity contribution is 6.30. The van der Waals surface area contributed by atoms with Gasteiger partial charge in [0.05, 0.1) is 23.9 Å². The molecule has 1 aliphatic rings. The standard InChI is InChI=1S/C23H23ClN4O3/c1-16-20(25-26-28(16)19-10-6-9-18(24)15-19)21(29)27-13-11-23(12-14-27,22(30)31-2)17-7-4-3-5-8-17/h3-10,15H,11-14H2,1-2H3. The Kier molecular flexibility index (Phi) is 5.78. The SMILES string of the molecule is COC(=O)C1(c2ccccc2)CCN(C(=O)c2nnn(-c3cccc(Cl)c3)c2C)CC1. The predicted molar refractivity (Wildman–Crippen MR) is 116 cm³/mol. The van der Waals surface area contributed by atoms with Crippen molar-refractivity contribution in [2.45, 2.75) is 25.2 Å². The van der Waals surface area contributed by atoms with Gasteiger partial charge in [-0.2, -0.15) is 0 Å². The highest BCUT2D eigenvalue weighted by atomic mass is 35.5. The lowest BCUT2D eigenvalue weighted by Gasteiger charge is -2.39. The molecule has 0 spiro atoms. The lowest BCUT2D eigenvalue weighted by molar-refractivity contribution is -0.149. The Morgan fingerprint density at radius 2 is 1.77 bits per heavy atom. The largest absolute Gasteiger partial charge is 0.468 e. The number of likely N-dealkylation sites (tertiary alicyclic amines) is 1. The average Bonchev–Trinajstić information content (AvgIpc) is 3.20. The maximum absolute atomic E-state index is 13.2. The number of carbonyl (C=O) groups excluding carboxylic acids is 2. The Morgan fingerprint density at radius 1 is 1.06 bits per heavy atom. The van der Waals surface area contributed by atoms with E-state index in [2.05, 4.69) is 10.3 Å². The molecule has 3 aromatic rings. The normalized spacial score (nSPS) is 15.5. The third-order valence-electron chi connectivity index (χ3n) is 5.96. The summed E-state index contributed by atoms with van der Waals surface area (Å²) in [5.74, 6) is -0.466. The summed E-state index contributed by atoms with van der Waals surface area (Å²) in [5.41, 5.74) is 1.84. The van der Waals surface area contributed by atoms with Crippen molar-refractivity contribution >= 4 is 23.5 Å². The molecular weight excluding hydrogens is 416 g/mol. The molecule has 0 aliphatic carbocycles. The van der Waals surface area contributed by atoms with E-state index in [1.807, 2.05) is 42.5 Å². The number of hydrogen-bond acceptors (Lipinski definition) is 5. The molecule has 0 N–H and O–H groups in total. The van der Waals surface area contributed by atoms with Crippen LogP contribution in [0.15, 0.2) is 54.6 Å². The van der Waals surface area contributed by atoms with Crippen LogP contribution in [0.4, 0.5) is 0 Å². The number of hydrogen-bond donors (Lipinski definition) is 0. The van der Waals surface area contributed by atoms with Crippen molar-refractivity contribution in [1.29, 1.82) is 0 Å². The quantitative estimate of drug-likeness (QED) is 0.582. The zero-order valence-electron chi connectivity index (χ0n) is 17.4. The lowest BCUT2D eigenvalue weighted by atomic mass is 9.72. The summed E-state index contributed by atoms with van der Waals surface area (Å²) in [6.07, 6.45) is 0.966. The van der Waals surface area contributed by atoms with E-state index in [1.165, 1.54) is 7.11 Å². The van der Waals surface area contributed by atoms with Crippen LogP contribution in [0.5, 0.6) is 0 Å². The Balaban J connectivity index is 1.55. The molecule has 7 nitrogen and oxygen atoms in total. The maximum Gasteiger partial charge on any atom is 0.316 e. The van der Waals surface area contributed by atoms with E-state index in [0.717, 1.165) is 11.3 Å². The summed E-state index contributed by atoms with van der Waals surface area (Å²) in [4.78, 5) is 27.6. The number of halogens is 1. The van der Waals surface area contributed by atoms with Crippen LogP contribution >= 0.6 is 11.6 Å². The highest BCUT2D eigenvalue weighted by Crippen LogP contribution is 2.37. The van der Waals surface area contributed by atoms with Crippen LogP contribution in [0.25, 0.3) is 5.69 Å². The first kappa shape index (κ1) is 21.1. The van der Waals surface area contributed by atoms with Gasteiger partial charge in [-0.15, -0.1) is 5.10 Å². The summed E-state index contributed by atoms with van der Waals surface area (Å²) in [6.45, 7) is 2.65.